The highest BCUT2D eigenvalue weighted by Crippen LogP contribution is 2.38. The van der Waals surface area contributed by atoms with Crippen LogP contribution in [-0.4, -0.2) is 29.5 Å². The van der Waals surface area contributed by atoms with E-state index in [1.165, 1.54) is 11.9 Å². The molecule has 2 N–H and O–H groups in total. The summed E-state index contributed by atoms with van der Waals surface area (Å²) in [5, 5.41) is 6.33. The standard InChI is InChI=1S/C21H22ClN3OS/c1-13-18(14-7-11-17(27-23)12-8-14)20(21(26)24(2)3)25(4)19(13)15-5-9-16(22)10-6-15/h5-12H,23H2,1-4H3. The lowest BCUT2D eigenvalue weighted by atomic mass is 9.98. The maximum Gasteiger partial charge on any atom is 0.270 e. The van der Waals surface area contributed by atoms with E-state index in [1.807, 2.05) is 60.1 Å². The molecule has 0 aliphatic rings. The zero-order chi connectivity index (χ0) is 19.7. The molecule has 0 aliphatic carbocycles. The molecule has 27 heavy (non-hydrogen) atoms. The zero-order valence-electron chi connectivity index (χ0n) is 15.8. The van der Waals surface area contributed by atoms with Crippen LogP contribution in [0, 0.1) is 6.92 Å². The van der Waals surface area contributed by atoms with Crippen LogP contribution in [0.2, 0.25) is 5.02 Å². The van der Waals surface area contributed by atoms with Crippen molar-refractivity contribution >= 4 is 29.5 Å². The minimum absolute atomic E-state index is 0.0342. The molecule has 0 fully saturated rings. The number of rotatable bonds is 4. The monoisotopic (exact) mass is 399 g/mol. The molecule has 0 unspecified atom stereocenters. The summed E-state index contributed by atoms with van der Waals surface area (Å²) in [5.41, 5.74) is 5.67. The Hall–Kier alpha value is -2.21. The maximum atomic E-state index is 13.0. The van der Waals surface area contributed by atoms with Gasteiger partial charge in [-0.1, -0.05) is 35.9 Å². The molecule has 0 saturated carbocycles. The molecule has 1 aromatic heterocycles. The van der Waals surface area contributed by atoms with E-state index in [1.54, 1.807) is 19.0 Å². The molecule has 3 rings (SSSR count). The molecule has 2 aromatic carbocycles. The molecule has 4 nitrogen and oxygen atoms in total. The predicted octanol–water partition coefficient (Wildman–Crippen LogP) is 4.99. The van der Waals surface area contributed by atoms with Gasteiger partial charge in [0, 0.05) is 36.6 Å². The van der Waals surface area contributed by atoms with Crippen molar-refractivity contribution in [2.24, 2.45) is 12.2 Å². The average molecular weight is 400 g/mol. The topological polar surface area (TPSA) is 51.3 Å². The van der Waals surface area contributed by atoms with Crippen molar-refractivity contribution in [2.45, 2.75) is 11.8 Å². The van der Waals surface area contributed by atoms with Crippen LogP contribution in [0.1, 0.15) is 16.1 Å². The number of hydrogen-bond acceptors (Lipinski definition) is 3. The van der Waals surface area contributed by atoms with Crippen LogP contribution < -0.4 is 5.14 Å². The molecule has 1 heterocycles. The number of benzene rings is 2. The summed E-state index contributed by atoms with van der Waals surface area (Å²) in [6, 6.07) is 15.6. The van der Waals surface area contributed by atoms with E-state index in [9.17, 15) is 4.79 Å². The van der Waals surface area contributed by atoms with Crippen LogP contribution in [0.25, 0.3) is 22.4 Å². The van der Waals surface area contributed by atoms with Gasteiger partial charge in [-0.2, -0.15) is 0 Å². The van der Waals surface area contributed by atoms with Gasteiger partial charge >= 0.3 is 0 Å². The Morgan fingerprint density at radius 2 is 1.59 bits per heavy atom. The van der Waals surface area contributed by atoms with Crippen molar-refractivity contribution in [2.75, 3.05) is 14.1 Å². The maximum absolute atomic E-state index is 13.0. The third-order valence-corrected chi connectivity index (χ3v) is 5.44. The Kier molecular flexibility index (Phi) is 5.65. The van der Waals surface area contributed by atoms with E-state index in [-0.39, 0.29) is 5.91 Å². The van der Waals surface area contributed by atoms with Crippen LogP contribution in [-0.2, 0) is 7.05 Å². The van der Waals surface area contributed by atoms with E-state index in [2.05, 4.69) is 6.92 Å². The number of halogens is 1. The summed E-state index contributed by atoms with van der Waals surface area (Å²) in [6.07, 6.45) is 0. The predicted molar refractivity (Wildman–Crippen MR) is 114 cm³/mol. The summed E-state index contributed by atoms with van der Waals surface area (Å²) < 4.78 is 1.97. The molecule has 0 spiro atoms. The summed E-state index contributed by atoms with van der Waals surface area (Å²) in [5.74, 6) is -0.0342. The van der Waals surface area contributed by atoms with Crippen LogP contribution in [0.4, 0.5) is 0 Å². The first-order valence-electron chi connectivity index (χ1n) is 8.49. The minimum Gasteiger partial charge on any atom is -0.343 e. The highest BCUT2D eigenvalue weighted by Gasteiger charge is 2.26. The quantitative estimate of drug-likeness (QED) is 0.629. The number of amides is 1. The van der Waals surface area contributed by atoms with Gasteiger partial charge in [-0.3, -0.25) is 9.93 Å². The number of nitrogens with zero attached hydrogens (tertiary/aromatic N) is 2. The number of aromatic nitrogens is 1. The van der Waals surface area contributed by atoms with Crippen molar-refractivity contribution in [3.63, 3.8) is 0 Å². The summed E-state index contributed by atoms with van der Waals surface area (Å²) in [4.78, 5) is 15.6. The molecule has 140 valence electrons. The molecule has 3 aromatic rings. The molecule has 0 radical (unpaired) electrons. The summed E-state index contributed by atoms with van der Waals surface area (Å²) in [7, 11) is 5.47. The lowest BCUT2D eigenvalue weighted by Crippen LogP contribution is -2.24. The molecule has 0 atom stereocenters. The van der Waals surface area contributed by atoms with Gasteiger partial charge in [-0.05, 0) is 59.8 Å². The van der Waals surface area contributed by atoms with Gasteiger partial charge in [0.2, 0.25) is 0 Å². The van der Waals surface area contributed by atoms with Crippen molar-refractivity contribution in [3.05, 3.63) is 64.8 Å². The largest absolute Gasteiger partial charge is 0.343 e. The Morgan fingerprint density at radius 1 is 1.04 bits per heavy atom. The lowest BCUT2D eigenvalue weighted by Gasteiger charge is -2.14. The highest BCUT2D eigenvalue weighted by atomic mass is 35.5. The van der Waals surface area contributed by atoms with Gasteiger partial charge in [0.25, 0.3) is 5.91 Å². The van der Waals surface area contributed by atoms with Crippen molar-refractivity contribution in [1.82, 2.24) is 9.47 Å². The fraction of sp³-hybridized carbons (Fsp3) is 0.190. The number of carbonyl (C=O) groups is 1. The second-order valence-electron chi connectivity index (χ2n) is 6.60. The van der Waals surface area contributed by atoms with Gasteiger partial charge in [0.15, 0.2) is 0 Å². The Bertz CT molecular complexity index is 976. The van der Waals surface area contributed by atoms with Crippen LogP contribution in [0.3, 0.4) is 0 Å². The van der Waals surface area contributed by atoms with Gasteiger partial charge < -0.3 is 9.47 Å². The molecular weight excluding hydrogens is 378 g/mol. The van der Waals surface area contributed by atoms with E-state index in [0.29, 0.717) is 10.7 Å². The molecule has 0 bridgehead atoms. The normalized spacial score (nSPS) is 10.9. The fourth-order valence-corrected chi connectivity index (χ4v) is 3.78. The molecule has 1 amide bonds. The minimum atomic E-state index is -0.0342. The SMILES string of the molecule is Cc1c(-c2ccc(SN)cc2)c(C(=O)N(C)C)n(C)c1-c1ccc(Cl)cc1. The van der Waals surface area contributed by atoms with Crippen LogP contribution >= 0.6 is 23.5 Å². The first-order valence-corrected chi connectivity index (χ1v) is 9.75. The second kappa shape index (κ2) is 7.80. The molecular formula is C21H22ClN3OS. The first kappa shape index (κ1) is 19.5. The van der Waals surface area contributed by atoms with Gasteiger partial charge in [0.1, 0.15) is 5.69 Å². The second-order valence-corrected chi connectivity index (χ2v) is 7.75. The third kappa shape index (κ3) is 3.63. The zero-order valence-corrected chi connectivity index (χ0v) is 17.4. The number of nitrogens with two attached hydrogens (primary N) is 1. The lowest BCUT2D eigenvalue weighted by molar-refractivity contribution is 0.0819. The Balaban J connectivity index is 2.28. The van der Waals surface area contributed by atoms with Crippen molar-refractivity contribution in [1.29, 1.82) is 0 Å². The summed E-state index contributed by atoms with van der Waals surface area (Å²) in [6.45, 7) is 2.05. The van der Waals surface area contributed by atoms with E-state index in [0.717, 1.165) is 32.8 Å². The van der Waals surface area contributed by atoms with E-state index in [4.69, 9.17) is 16.7 Å². The highest BCUT2D eigenvalue weighted by molar-refractivity contribution is 7.97. The Morgan fingerprint density at radius 3 is 2.11 bits per heavy atom. The summed E-state index contributed by atoms with van der Waals surface area (Å²) >= 11 is 7.26. The fourth-order valence-electron chi connectivity index (χ4n) is 3.36. The van der Waals surface area contributed by atoms with E-state index < -0.39 is 0 Å². The average Bonchev–Trinajstić information content (AvgIpc) is 2.92. The third-order valence-electron chi connectivity index (χ3n) is 4.64. The molecule has 6 heteroatoms. The van der Waals surface area contributed by atoms with Crippen LogP contribution in [0.5, 0.6) is 0 Å². The van der Waals surface area contributed by atoms with Gasteiger partial charge in [-0.25, -0.2) is 0 Å². The van der Waals surface area contributed by atoms with Gasteiger partial charge in [0.05, 0.1) is 5.69 Å². The van der Waals surface area contributed by atoms with E-state index >= 15 is 0 Å². The van der Waals surface area contributed by atoms with Crippen LogP contribution in [0.15, 0.2) is 53.4 Å². The van der Waals surface area contributed by atoms with Crippen molar-refractivity contribution in [3.8, 4) is 22.4 Å². The van der Waals surface area contributed by atoms with Crippen molar-refractivity contribution < 1.29 is 4.79 Å². The number of carbonyl (C=O) groups excluding carboxylic acids is 1. The van der Waals surface area contributed by atoms with Gasteiger partial charge in [-0.15, -0.1) is 0 Å². The molecule has 0 saturated heterocycles. The smallest absolute Gasteiger partial charge is 0.270 e. The number of hydrogen-bond donors (Lipinski definition) is 1. The Labute approximate surface area is 169 Å². The first-order chi connectivity index (χ1) is 12.8. The molecule has 0 aliphatic heterocycles.